The molecule has 0 saturated carbocycles. The first-order chi connectivity index (χ1) is 12.9. The highest BCUT2D eigenvalue weighted by molar-refractivity contribution is 5.76. The number of carbonyl (C=O) groups is 2. The van der Waals surface area contributed by atoms with Crippen LogP contribution >= 0.6 is 0 Å². The van der Waals surface area contributed by atoms with Crippen molar-refractivity contribution >= 4 is 17.6 Å². The summed E-state index contributed by atoms with van der Waals surface area (Å²) in [4.78, 5) is 22.2. The van der Waals surface area contributed by atoms with E-state index in [1.807, 2.05) is 32.1 Å². The highest BCUT2D eigenvalue weighted by atomic mass is 19.1. The van der Waals surface area contributed by atoms with Crippen LogP contribution in [0.1, 0.15) is 57.1 Å². The molecule has 1 aromatic carbocycles. The minimum atomic E-state index is -0.982. The molecule has 0 saturated heterocycles. The summed E-state index contributed by atoms with van der Waals surface area (Å²) < 4.78 is 19.5. The van der Waals surface area contributed by atoms with Crippen molar-refractivity contribution in [1.82, 2.24) is 5.32 Å². The molecule has 0 fully saturated rings. The number of halogens is 1. The van der Waals surface area contributed by atoms with E-state index in [-0.39, 0.29) is 6.61 Å². The molecule has 0 heterocycles. The average Bonchev–Trinajstić information content (AvgIpc) is 2.63. The number of allylic oxidation sites excluding steroid dienone is 3. The van der Waals surface area contributed by atoms with Crippen LogP contribution in [0, 0.1) is 5.82 Å². The highest BCUT2D eigenvalue weighted by Crippen LogP contribution is 2.26. The third-order valence-electron chi connectivity index (χ3n) is 4.00. The van der Waals surface area contributed by atoms with Gasteiger partial charge in [-0.05, 0) is 43.9 Å². The van der Waals surface area contributed by atoms with Crippen LogP contribution in [-0.2, 0) is 9.53 Å². The normalized spacial score (nSPS) is 12.8. The first kappa shape index (κ1) is 22.4. The SMILES string of the molecule is CCC/C(=C\C=C/CCOC(=O)NCC)c1ccc(C(C)C(=O)O)cc1F. The number of hydrogen-bond acceptors (Lipinski definition) is 3. The van der Waals surface area contributed by atoms with Gasteiger partial charge < -0.3 is 15.2 Å². The lowest BCUT2D eigenvalue weighted by Gasteiger charge is -2.11. The summed E-state index contributed by atoms with van der Waals surface area (Å²) in [5, 5.41) is 11.6. The predicted molar refractivity (Wildman–Crippen MR) is 104 cm³/mol. The molecule has 5 nitrogen and oxygen atoms in total. The Labute approximate surface area is 159 Å². The number of benzene rings is 1. The Morgan fingerprint density at radius 3 is 2.67 bits per heavy atom. The molecule has 0 bridgehead atoms. The summed E-state index contributed by atoms with van der Waals surface area (Å²) in [5.74, 6) is -2.16. The van der Waals surface area contributed by atoms with E-state index < -0.39 is 23.8 Å². The quantitative estimate of drug-likeness (QED) is 0.450. The third-order valence-corrected chi connectivity index (χ3v) is 4.00. The van der Waals surface area contributed by atoms with Crippen LogP contribution in [0.4, 0.5) is 9.18 Å². The smallest absolute Gasteiger partial charge is 0.407 e. The monoisotopic (exact) mass is 377 g/mol. The van der Waals surface area contributed by atoms with Crippen molar-refractivity contribution in [2.24, 2.45) is 0 Å². The molecule has 0 aromatic heterocycles. The second kappa shape index (κ2) is 11.9. The minimum absolute atomic E-state index is 0.273. The second-order valence-corrected chi connectivity index (χ2v) is 6.12. The number of hydrogen-bond donors (Lipinski definition) is 2. The predicted octanol–water partition coefficient (Wildman–Crippen LogP) is 4.89. The molecule has 0 aliphatic carbocycles. The van der Waals surface area contributed by atoms with E-state index in [1.54, 1.807) is 12.1 Å². The number of alkyl carbamates (subject to hydrolysis) is 1. The molecule has 1 aromatic rings. The van der Waals surface area contributed by atoms with Crippen LogP contribution in [0.5, 0.6) is 0 Å². The van der Waals surface area contributed by atoms with Gasteiger partial charge in [-0.15, -0.1) is 0 Å². The van der Waals surface area contributed by atoms with Crippen LogP contribution in [0.3, 0.4) is 0 Å². The van der Waals surface area contributed by atoms with Crippen LogP contribution in [0.15, 0.2) is 36.4 Å². The molecule has 1 unspecified atom stereocenters. The molecule has 148 valence electrons. The first-order valence-corrected chi connectivity index (χ1v) is 9.19. The molecular weight excluding hydrogens is 349 g/mol. The molecule has 0 aliphatic heterocycles. The van der Waals surface area contributed by atoms with Gasteiger partial charge in [0.05, 0.1) is 12.5 Å². The molecule has 0 aliphatic rings. The largest absolute Gasteiger partial charge is 0.481 e. The Morgan fingerprint density at radius 2 is 2.07 bits per heavy atom. The zero-order valence-electron chi connectivity index (χ0n) is 16.1. The Bertz CT molecular complexity index is 697. The third kappa shape index (κ3) is 7.64. The van der Waals surface area contributed by atoms with E-state index in [0.29, 0.717) is 30.5 Å². The summed E-state index contributed by atoms with van der Waals surface area (Å²) in [7, 11) is 0. The number of nitrogens with one attached hydrogen (secondary N) is 1. The fraction of sp³-hybridized carbons (Fsp3) is 0.429. The molecule has 1 rings (SSSR count). The van der Waals surface area contributed by atoms with Crippen molar-refractivity contribution in [2.75, 3.05) is 13.2 Å². The standard InChI is InChI=1S/C21H28FNO4/c1-4-9-16(10-7-6-8-13-27-21(26)23-5-2)18-12-11-17(14-19(18)22)15(3)20(24)25/h6-7,10-12,14-15H,4-5,8-9,13H2,1-3H3,(H,23,26)(H,24,25)/b7-6-,16-10+. The van der Waals surface area contributed by atoms with E-state index in [0.717, 1.165) is 12.0 Å². The van der Waals surface area contributed by atoms with Crippen LogP contribution in [0.2, 0.25) is 0 Å². The van der Waals surface area contributed by atoms with E-state index in [4.69, 9.17) is 9.84 Å². The van der Waals surface area contributed by atoms with Crippen molar-refractivity contribution in [3.8, 4) is 0 Å². The number of carboxylic acids is 1. The minimum Gasteiger partial charge on any atom is -0.481 e. The summed E-state index contributed by atoms with van der Waals surface area (Å²) in [6.45, 7) is 6.15. The fourth-order valence-electron chi connectivity index (χ4n) is 2.48. The Balaban J connectivity index is 2.79. The van der Waals surface area contributed by atoms with Gasteiger partial charge in [0, 0.05) is 12.1 Å². The molecular formula is C21H28FNO4. The van der Waals surface area contributed by atoms with Crippen molar-refractivity contribution in [3.63, 3.8) is 0 Å². The fourth-order valence-corrected chi connectivity index (χ4v) is 2.48. The maximum Gasteiger partial charge on any atom is 0.407 e. The number of aliphatic carboxylic acids is 1. The van der Waals surface area contributed by atoms with E-state index >= 15 is 0 Å². The lowest BCUT2D eigenvalue weighted by molar-refractivity contribution is -0.138. The maximum atomic E-state index is 14.5. The van der Waals surface area contributed by atoms with Gasteiger partial charge in [0.1, 0.15) is 5.82 Å². The molecule has 1 amide bonds. The van der Waals surface area contributed by atoms with E-state index in [1.165, 1.54) is 13.0 Å². The zero-order valence-corrected chi connectivity index (χ0v) is 16.1. The first-order valence-electron chi connectivity index (χ1n) is 9.19. The van der Waals surface area contributed by atoms with Gasteiger partial charge in [-0.25, -0.2) is 9.18 Å². The van der Waals surface area contributed by atoms with Gasteiger partial charge in [-0.2, -0.15) is 0 Å². The molecule has 6 heteroatoms. The van der Waals surface area contributed by atoms with Gasteiger partial charge in [-0.1, -0.05) is 43.7 Å². The molecule has 0 spiro atoms. The van der Waals surface area contributed by atoms with Gasteiger partial charge >= 0.3 is 12.1 Å². The van der Waals surface area contributed by atoms with Crippen LogP contribution in [-0.4, -0.2) is 30.3 Å². The van der Waals surface area contributed by atoms with Crippen LogP contribution < -0.4 is 5.32 Å². The van der Waals surface area contributed by atoms with Crippen molar-refractivity contribution < 1.29 is 23.8 Å². The van der Waals surface area contributed by atoms with Crippen molar-refractivity contribution in [1.29, 1.82) is 0 Å². The average molecular weight is 377 g/mol. The topological polar surface area (TPSA) is 75.6 Å². The zero-order chi connectivity index (χ0) is 20.2. The summed E-state index contributed by atoms with van der Waals surface area (Å²) >= 11 is 0. The summed E-state index contributed by atoms with van der Waals surface area (Å²) in [6, 6.07) is 4.59. The Morgan fingerprint density at radius 1 is 1.33 bits per heavy atom. The lowest BCUT2D eigenvalue weighted by atomic mass is 9.95. The Hall–Kier alpha value is -2.63. The van der Waals surface area contributed by atoms with E-state index in [2.05, 4.69) is 5.32 Å². The molecule has 0 radical (unpaired) electrons. The molecule has 1 atom stereocenters. The van der Waals surface area contributed by atoms with Gasteiger partial charge in [0.15, 0.2) is 0 Å². The van der Waals surface area contributed by atoms with Crippen LogP contribution in [0.25, 0.3) is 5.57 Å². The number of ether oxygens (including phenoxy) is 1. The summed E-state index contributed by atoms with van der Waals surface area (Å²) in [5.41, 5.74) is 1.75. The van der Waals surface area contributed by atoms with E-state index in [9.17, 15) is 14.0 Å². The van der Waals surface area contributed by atoms with Gasteiger partial charge in [0.2, 0.25) is 0 Å². The molecule has 2 N–H and O–H groups in total. The second-order valence-electron chi connectivity index (χ2n) is 6.12. The lowest BCUT2D eigenvalue weighted by Crippen LogP contribution is -2.23. The van der Waals surface area contributed by atoms with Gasteiger partial charge in [0.25, 0.3) is 0 Å². The summed E-state index contributed by atoms with van der Waals surface area (Å²) in [6.07, 6.45) is 7.19. The Kier molecular flexibility index (Phi) is 9.86. The van der Waals surface area contributed by atoms with Crippen molar-refractivity contribution in [3.05, 3.63) is 53.4 Å². The highest BCUT2D eigenvalue weighted by Gasteiger charge is 2.16. The maximum absolute atomic E-state index is 14.5. The van der Waals surface area contributed by atoms with Crippen molar-refractivity contribution in [2.45, 2.75) is 46.0 Å². The molecule has 27 heavy (non-hydrogen) atoms. The van der Waals surface area contributed by atoms with Gasteiger partial charge in [-0.3, -0.25) is 4.79 Å². The number of rotatable bonds is 10. The number of amides is 1. The number of carboxylic acid groups (broad SMARTS) is 1. The number of carbonyl (C=O) groups excluding carboxylic acids is 1.